The minimum absolute atomic E-state index is 0.0151. The van der Waals surface area contributed by atoms with Gasteiger partial charge in [0.25, 0.3) is 0 Å². The second kappa shape index (κ2) is 16.4. The summed E-state index contributed by atoms with van der Waals surface area (Å²) in [5, 5.41) is 63.9. The van der Waals surface area contributed by atoms with Crippen LogP contribution in [0, 0.1) is 5.92 Å². The molecule has 0 radical (unpaired) electrons. The molecule has 1 saturated heterocycles. The lowest BCUT2D eigenvalue weighted by Crippen LogP contribution is -2.54. The summed E-state index contributed by atoms with van der Waals surface area (Å²) in [5.41, 5.74) is 5.82. The van der Waals surface area contributed by atoms with Gasteiger partial charge in [-0.15, -0.1) is 5.10 Å². The van der Waals surface area contributed by atoms with Gasteiger partial charge >= 0.3 is 18.1 Å². The monoisotopic (exact) mass is 895 g/mol. The van der Waals surface area contributed by atoms with E-state index in [0.29, 0.717) is 76.8 Å². The Balaban J connectivity index is 0.795. The van der Waals surface area contributed by atoms with Gasteiger partial charge in [-0.3, -0.25) is 0 Å². The molecule has 66 heavy (non-hydrogen) atoms. The first-order valence-corrected chi connectivity index (χ1v) is 22.8. The molecular formula is C50H53N7O9. The Bertz CT molecular complexity index is 3020. The fourth-order valence-corrected chi connectivity index (χ4v) is 10.5. The van der Waals surface area contributed by atoms with Gasteiger partial charge in [-0.1, -0.05) is 32.8 Å². The summed E-state index contributed by atoms with van der Waals surface area (Å²) >= 11 is 0. The largest absolute Gasteiger partial charge is 0.508 e. The predicted molar refractivity (Wildman–Crippen MR) is 245 cm³/mol. The number of piperidine rings is 1. The van der Waals surface area contributed by atoms with Crippen LogP contribution in [0.3, 0.4) is 0 Å². The highest BCUT2D eigenvalue weighted by Gasteiger charge is 2.54. The number of aliphatic hydroxyl groups excluding tert-OH is 1. The van der Waals surface area contributed by atoms with Gasteiger partial charge in [0.1, 0.15) is 23.9 Å². The van der Waals surface area contributed by atoms with E-state index in [1.54, 1.807) is 36.1 Å². The number of hydrogen-bond donors (Lipinski definition) is 5. The van der Waals surface area contributed by atoms with Crippen molar-refractivity contribution in [2.45, 2.75) is 97.1 Å². The van der Waals surface area contributed by atoms with E-state index in [0.717, 1.165) is 59.6 Å². The number of carbonyl (C=O) groups is 2. The number of aromatic nitrogens is 5. The number of phenolic OH excluding ortho intramolecular Hbond substituents is 3. The van der Waals surface area contributed by atoms with Gasteiger partial charge in [0, 0.05) is 71.4 Å². The van der Waals surface area contributed by atoms with Gasteiger partial charge in [-0.05, 0) is 116 Å². The molecule has 0 saturated carbocycles. The van der Waals surface area contributed by atoms with Crippen molar-refractivity contribution in [3.05, 3.63) is 100 Å². The van der Waals surface area contributed by atoms with E-state index in [9.17, 15) is 35.1 Å². The predicted octanol–water partition coefficient (Wildman–Crippen LogP) is 7.77. The molecule has 1 amide bonds. The van der Waals surface area contributed by atoms with Gasteiger partial charge < -0.3 is 49.4 Å². The van der Waals surface area contributed by atoms with E-state index in [1.165, 1.54) is 10.6 Å². The fourth-order valence-electron chi connectivity index (χ4n) is 10.5. The number of hydrogen-bond acceptors (Lipinski definition) is 13. The summed E-state index contributed by atoms with van der Waals surface area (Å²) in [6, 6.07) is 15.5. The number of cyclic esters (lactones) is 1. The molecule has 0 spiro atoms. The van der Waals surface area contributed by atoms with Crippen molar-refractivity contribution in [1.82, 2.24) is 34.1 Å². The lowest BCUT2D eigenvalue weighted by Gasteiger charge is -2.43. The molecular weight excluding hydrogens is 843 g/mol. The fraction of sp³-hybridized carbons (Fsp3) is 0.380. The summed E-state index contributed by atoms with van der Waals surface area (Å²) in [5.74, 6) is -0.0806. The number of esters is 1. The number of rotatable bonds is 10. The van der Waals surface area contributed by atoms with Gasteiger partial charge in [0.05, 0.1) is 28.2 Å². The lowest BCUT2D eigenvalue weighted by atomic mass is 9.82. The Morgan fingerprint density at radius 1 is 0.985 bits per heavy atom. The molecule has 6 aromatic rings. The summed E-state index contributed by atoms with van der Waals surface area (Å²) < 4.78 is 15.6. The third-order valence-electron chi connectivity index (χ3n) is 14.1. The van der Waals surface area contributed by atoms with Crippen LogP contribution in [0.4, 0.5) is 4.79 Å². The summed E-state index contributed by atoms with van der Waals surface area (Å²) in [6.07, 6.45) is 6.42. The maximum absolute atomic E-state index is 14.0. The minimum atomic E-state index is -1.74. The van der Waals surface area contributed by atoms with Crippen LogP contribution in [0.15, 0.2) is 78.0 Å². The number of phenols is 3. The zero-order valence-electron chi connectivity index (χ0n) is 37.4. The van der Waals surface area contributed by atoms with Gasteiger partial charge in [-0.2, -0.15) is 0 Å². The summed E-state index contributed by atoms with van der Waals surface area (Å²) in [6.45, 7) is 9.71. The first-order valence-electron chi connectivity index (χ1n) is 22.8. The molecule has 2 atom stereocenters. The van der Waals surface area contributed by atoms with E-state index in [2.05, 4.69) is 14.8 Å². The zero-order valence-corrected chi connectivity index (χ0v) is 37.4. The van der Waals surface area contributed by atoms with Gasteiger partial charge in [0.15, 0.2) is 12.1 Å². The number of amides is 1. The quantitative estimate of drug-likeness (QED) is 0.0834. The van der Waals surface area contributed by atoms with Crippen LogP contribution in [-0.4, -0.2) is 103 Å². The topological polar surface area (TPSA) is 209 Å². The molecule has 16 heteroatoms. The number of nitrogens with zero attached hydrogens (tertiary/aromatic N) is 7. The summed E-state index contributed by atoms with van der Waals surface area (Å²) in [4.78, 5) is 36.2. The van der Waals surface area contributed by atoms with E-state index in [1.807, 2.05) is 62.2 Å². The van der Waals surface area contributed by atoms with Crippen LogP contribution in [-0.2, 0) is 33.8 Å². The van der Waals surface area contributed by atoms with Crippen LogP contribution in [0.5, 0.6) is 23.3 Å². The molecule has 342 valence electrons. The third kappa shape index (κ3) is 6.96. The first kappa shape index (κ1) is 42.9. The molecule has 4 aliphatic rings. The molecule has 2 unspecified atom stereocenters. The molecule has 3 aromatic heterocycles. The second-order valence-electron chi connectivity index (χ2n) is 18.1. The second-order valence-corrected chi connectivity index (χ2v) is 18.1. The van der Waals surface area contributed by atoms with Crippen molar-refractivity contribution in [3.8, 4) is 40.3 Å². The van der Waals surface area contributed by atoms with Crippen LogP contribution in [0.25, 0.3) is 44.6 Å². The standard InChI is InChI=1S/C50H53N7O9/c1-5-32-34-21-31(58)10-11-39(34)51-44-36(32)25-56-41(44)23-38-37(46(56)61)26-65-47(62)50(38,6-2)66-49(64)55-17-13-28(14-18-55)8-7-16-54-19-15-29-20-30(9-12-40(29)54)57-45(52-53-48(57)63)35-22-33(27(3)4)42(59)24-43(35)60/h9-12,15,19-24,27-28,46,58-61H,5-8,13-14,16-18,25-26H2,1-4H3,(H,53,63). The SMILES string of the molecule is CCc1c2c(nc3ccc(O)cc13)C1=CC3=C(COC(=O)C3(CC)OC(=O)N3CCC(CCCn4ccc5cc(-n6c(O)nnc6-c6cc(C(C)C)c(O)cc6O)ccc54)CC3)C(O)N1C2. The smallest absolute Gasteiger partial charge is 0.411 e. The Kier molecular flexibility index (Phi) is 10.7. The van der Waals surface area contributed by atoms with Crippen molar-refractivity contribution in [2.75, 3.05) is 19.7 Å². The molecule has 16 nitrogen and oxygen atoms in total. The molecule has 3 aromatic carbocycles. The molecule has 1 fully saturated rings. The number of aryl methyl sites for hydroxylation is 2. The van der Waals surface area contributed by atoms with Crippen molar-refractivity contribution in [3.63, 3.8) is 0 Å². The van der Waals surface area contributed by atoms with E-state index in [4.69, 9.17) is 14.5 Å². The van der Waals surface area contributed by atoms with Crippen LogP contribution in [0.1, 0.15) is 88.1 Å². The Labute approximate surface area is 380 Å². The summed E-state index contributed by atoms with van der Waals surface area (Å²) in [7, 11) is 0. The van der Waals surface area contributed by atoms with E-state index < -0.39 is 23.9 Å². The normalized spacial score (nSPS) is 19.6. The molecule has 0 bridgehead atoms. The highest BCUT2D eigenvalue weighted by molar-refractivity contribution is 5.93. The number of carbonyl (C=O) groups excluding carboxylic acids is 2. The number of pyridine rings is 1. The van der Waals surface area contributed by atoms with E-state index >= 15 is 0 Å². The number of benzene rings is 3. The van der Waals surface area contributed by atoms with E-state index in [-0.39, 0.29) is 48.0 Å². The number of aromatic hydroxyl groups is 4. The number of aliphatic hydroxyl groups is 1. The van der Waals surface area contributed by atoms with Crippen molar-refractivity contribution in [2.24, 2.45) is 5.92 Å². The first-order chi connectivity index (χ1) is 31.8. The molecule has 5 N–H and O–H groups in total. The van der Waals surface area contributed by atoms with Crippen molar-refractivity contribution < 1.29 is 44.6 Å². The van der Waals surface area contributed by atoms with Crippen molar-refractivity contribution in [1.29, 1.82) is 0 Å². The Morgan fingerprint density at radius 3 is 2.55 bits per heavy atom. The average Bonchev–Trinajstić information content (AvgIpc) is 4.01. The van der Waals surface area contributed by atoms with Crippen LogP contribution < -0.4 is 0 Å². The van der Waals surface area contributed by atoms with Gasteiger partial charge in [-0.25, -0.2) is 19.1 Å². The number of likely N-dealkylation sites (tertiary alicyclic amines) is 1. The Hall–Kier alpha value is -7.07. The highest BCUT2D eigenvalue weighted by atomic mass is 16.6. The van der Waals surface area contributed by atoms with Gasteiger partial charge in [0.2, 0.25) is 5.60 Å². The number of fused-ring (bicyclic) bond motifs is 5. The average molecular weight is 896 g/mol. The van der Waals surface area contributed by atoms with Crippen molar-refractivity contribution >= 4 is 39.6 Å². The van der Waals surface area contributed by atoms with Crippen LogP contribution in [0.2, 0.25) is 0 Å². The highest BCUT2D eigenvalue weighted by Crippen LogP contribution is 2.48. The lowest BCUT2D eigenvalue weighted by molar-refractivity contribution is -0.165. The number of ether oxygens (including phenoxy) is 2. The molecule has 10 rings (SSSR count). The van der Waals surface area contributed by atoms with Crippen LogP contribution >= 0.6 is 0 Å². The molecule has 4 aliphatic heterocycles. The molecule has 0 aliphatic carbocycles. The zero-order chi connectivity index (χ0) is 46.2. The maximum Gasteiger partial charge on any atom is 0.411 e. The molecule has 7 heterocycles. The minimum Gasteiger partial charge on any atom is -0.508 e. The third-order valence-corrected chi connectivity index (χ3v) is 14.1. The Morgan fingerprint density at radius 2 is 1.79 bits per heavy atom. The maximum atomic E-state index is 14.0.